The lowest BCUT2D eigenvalue weighted by molar-refractivity contribution is -0.122. The van der Waals surface area contributed by atoms with Crippen LogP contribution in [0, 0.1) is 0 Å². The fourth-order valence-corrected chi connectivity index (χ4v) is 2.34. The van der Waals surface area contributed by atoms with Crippen LogP contribution in [0.25, 0.3) is 0 Å². The van der Waals surface area contributed by atoms with Crippen molar-refractivity contribution in [1.29, 1.82) is 0 Å². The van der Waals surface area contributed by atoms with Gasteiger partial charge in [0, 0.05) is 12.6 Å². The summed E-state index contributed by atoms with van der Waals surface area (Å²) in [6, 6.07) is 3.98. The minimum atomic E-state index is -0.510. The van der Waals surface area contributed by atoms with Crippen LogP contribution in [0.2, 0.25) is 5.02 Å². The second kappa shape index (κ2) is 7.17. The third kappa shape index (κ3) is 4.26. The van der Waals surface area contributed by atoms with Gasteiger partial charge in [-0.2, -0.15) is 0 Å². The summed E-state index contributed by atoms with van der Waals surface area (Å²) in [5, 5.41) is 8.43. The van der Waals surface area contributed by atoms with Crippen LogP contribution in [-0.4, -0.2) is 31.6 Å². The smallest absolute Gasteiger partial charge is 0.319 e. The van der Waals surface area contributed by atoms with E-state index in [0.29, 0.717) is 29.4 Å². The summed E-state index contributed by atoms with van der Waals surface area (Å²) in [5.41, 5.74) is 0.462. The lowest BCUT2D eigenvalue weighted by Crippen LogP contribution is -2.47. The molecule has 1 aromatic carbocycles. The molecule has 3 amide bonds. The predicted octanol–water partition coefficient (Wildman–Crippen LogP) is 2.14. The van der Waals surface area contributed by atoms with Gasteiger partial charge in [0.15, 0.2) is 0 Å². The van der Waals surface area contributed by atoms with Crippen LogP contribution in [-0.2, 0) is 4.79 Å². The van der Waals surface area contributed by atoms with Gasteiger partial charge < -0.3 is 20.7 Å². The SMILES string of the molecule is COc1ccc(NC(=O)NC2CCCCNC2=O)c(Cl)c1. The molecule has 1 aromatic rings. The quantitative estimate of drug-likeness (QED) is 0.800. The summed E-state index contributed by atoms with van der Waals surface area (Å²) in [7, 11) is 1.54. The first-order valence-corrected chi connectivity index (χ1v) is 7.16. The number of hydrogen-bond donors (Lipinski definition) is 3. The van der Waals surface area contributed by atoms with Gasteiger partial charge in [0.1, 0.15) is 11.8 Å². The first kappa shape index (κ1) is 15.4. The highest BCUT2D eigenvalue weighted by Crippen LogP contribution is 2.26. The zero-order chi connectivity index (χ0) is 15.2. The maximum atomic E-state index is 12.0. The molecule has 1 aliphatic heterocycles. The normalized spacial score (nSPS) is 18.4. The van der Waals surface area contributed by atoms with Crippen LogP contribution in [0.4, 0.5) is 10.5 Å². The summed E-state index contributed by atoms with van der Waals surface area (Å²) >= 11 is 6.05. The van der Waals surface area contributed by atoms with Crippen LogP contribution in [0.3, 0.4) is 0 Å². The molecule has 0 bridgehead atoms. The molecule has 1 unspecified atom stereocenters. The largest absolute Gasteiger partial charge is 0.497 e. The van der Waals surface area contributed by atoms with Crippen LogP contribution in [0.15, 0.2) is 18.2 Å². The molecular weight excluding hydrogens is 294 g/mol. The topological polar surface area (TPSA) is 79.5 Å². The molecule has 0 spiro atoms. The Bertz CT molecular complexity index is 536. The van der Waals surface area contributed by atoms with Gasteiger partial charge in [-0.25, -0.2) is 4.79 Å². The molecule has 1 fully saturated rings. The van der Waals surface area contributed by atoms with Crippen LogP contribution >= 0.6 is 11.6 Å². The fourth-order valence-electron chi connectivity index (χ4n) is 2.12. The molecular formula is C14H18ClN3O3. The van der Waals surface area contributed by atoms with Gasteiger partial charge in [-0.3, -0.25) is 4.79 Å². The third-order valence-electron chi connectivity index (χ3n) is 3.27. The van der Waals surface area contributed by atoms with E-state index in [1.165, 1.54) is 7.11 Å². The van der Waals surface area contributed by atoms with E-state index < -0.39 is 12.1 Å². The maximum absolute atomic E-state index is 12.0. The Balaban J connectivity index is 1.96. The summed E-state index contributed by atoms with van der Waals surface area (Å²) in [4.78, 5) is 23.7. The summed E-state index contributed by atoms with van der Waals surface area (Å²) in [6.45, 7) is 0.656. The zero-order valence-electron chi connectivity index (χ0n) is 11.7. The minimum Gasteiger partial charge on any atom is -0.497 e. The number of carbonyl (C=O) groups excluding carboxylic acids is 2. The van der Waals surface area contributed by atoms with Gasteiger partial charge in [0.05, 0.1) is 17.8 Å². The third-order valence-corrected chi connectivity index (χ3v) is 3.58. The number of rotatable bonds is 3. The first-order chi connectivity index (χ1) is 10.1. The van der Waals surface area contributed by atoms with Crippen molar-refractivity contribution in [3.8, 4) is 5.75 Å². The van der Waals surface area contributed by atoms with Crippen LogP contribution < -0.4 is 20.7 Å². The summed E-state index contributed by atoms with van der Waals surface area (Å²) in [6.07, 6.45) is 2.46. The average Bonchev–Trinajstić information content (AvgIpc) is 2.66. The molecule has 0 saturated carbocycles. The van der Waals surface area contributed by atoms with Gasteiger partial charge in [0.25, 0.3) is 0 Å². The number of hydrogen-bond acceptors (Lipinski definition) is 3. The monoisotopic (exact) mass is 311 g/mol. The van der Waals surface area contributed by atoms with Crippen molar-refractivity contribution < 1.29 is 14.3 Å². The molecule has 1 aliphatic rings. The lowest BCUT2D eigenvalue weighted by Gasteiger charge is -2.16. The molecule has 0 aliphatic carbocycles. The minimum absolute atomic E-state index is 0.150. The molecule has 1 heterocycles. The molecule has 1 atom stereocenters. The first-order valence-electron chi connectivity index (χ1n) is 6.79. The predicted molar refractivity (Wildman–Crippen MR) is 80.8 cm³/mol. The number of amides is 3. The van der Waals surface area contributed by atoms with Crippen molar-refractivity contribution in [3.63, 3.8) is 0 Å². The van der Waals surface area contributed by atoms with E-state index in [9.17, 15) is 9.59 Å². The van der Waals surface area contributed by atoms with Crippen molar-refractivity contribution in [2.45, 2.75) is 25.3 Å². The number of nitrogens with one attached hydrogen (secondary N) is 3. The van der Waals surface area contributed by atoms with Crippen molar-refractivity contribution in [2.24, 2.45) is 0 Å². The van der Waals surface area contributed by atoms with E-state index in [1.807, 2.05) is 0 Å². The Labute approximate surface area is 128 Å². The van der Waals surface area contributed by atoms with Crippen molar-refractivity contribution >= 4 is 29.2 Å². The standard InChI is InChI=1S/C14H18ClN3O3/c1-21-9-5-6-11(10(15)8-9)17-14(20)18-12-4-2-3-7-16-13(12)19/h5-6,8,12H,2-4,7H2,1H3,(H,16,19)(H2,17,18,20). The number of anilines is 1. The Morgan fingerprint density at radius 2 is 2.24 bits per heavy atom. The Morgan fingerprint density at radius 3 is 2.95 bits per heavy atom. The molecule has 0 radical (unpaired) electrons. The van der Waals surface area contributed by atoms with Gasteiger partial charge in [-0.05, 0) is 31.4 Å². The number of methoxy groups -OCH3 is 1. The summed E-state index contributed by atoms with van der Waals surface area (Å²) in [5.74, 6) is 0.456. The molecule has 21 heavy (non-hydrogen) atoms. The molecule has 1 saturated heterocycles. The number of carbonyl (C=O) groups is 2. The highest BCUT2D eigenvalue weighted by molar-refractivity contribution is 6.33. The van der Waals surface area contributed by atoms with E-state index in [4.69, 9.17) is 16.3 Å². The number of urea groups is 1. The Kier molecular flexibility index (Phi) is 5.27. The van der Waals surface area contributed by atoms with Gasteiger partial charge in [-0.1, -0.05) is 11.6 Å². The Morgan fingerprint density at radius 1 is 1.43 bits per heavy atom. The van der Waals surface area contributed by atoms with Gasteiger partial charge in [0.2, 0.25) is 5.91 Å². The van der Waals surface area contributed by atoms with Crippen LogP contribution in [0.5, 0.6) is 5.75 Å². The average molecular weight is 312 g/mol. The van der Waals surface area contributed by atoms with E-state index in [1.54, 1.807) is 18.2 Å². The van der Waals surface area contributed by atoms with E-state index in [-0.39, 0.29) is 5.91 Å². The molecule has 7 heteroatoms. The second-order valence-electron chi connectivity index (χ2n) is 4.78. The van der Waals surface area contributed by atoms with Crippen LogP contribution in [0.1, 0.15) is 19.3 Å². The molecule has 114 valence electrons. The van der Waals surface area contributed by atoms with E-state index in [2.05, 4.69) is 16.0 Å². The Hall–Kier alpha value is -1.95. The summed E-state index contributed by atoms with van der Waals surface area (Å²) < 4.78 is 5.04. The molecule has 6 nitrogen and oxygen atoms in total. The number of benzene rings is 1. The molecule has 2 rings (SSSR count). The van der Waals surface area contributed by atoms with Crippen molar-refractivity contribution in [3.05, 3.63) is 23.2 Å². The lowest BCUT2D eigenvalue weighted by atomic mass is 10.1. The van der Waals surface area contributed by atoms with Crippen molar-refractivity contribution in [1.82, 2.24) is 10.6 Å². The highest BCUT2D eigenvalue weighted by Gasteiger charge is 2.22. The second-order valence-corrected chi connectivity index (χ2v) is 5.19. The zero-order valence-corrected chi connectivity index (χ0v) is 12.5. The van der Waals surface area contributed by atoms with Gasteiger partial charge >= 0.3 is 6.03 Å². The molecule has 0 aromatic heterocycles. The fraction of sp³-hybridized carbons (Fsp3) is 0.429. The highest BCUT2D eigenvalue weighted by atomic mass is 35.5. The number of ether oxygens (including phenoxy) is 1. The van der Waals surface area contributed by atoms with E-state index in [0.717, 1.165) is 12.8 Å². The molecule has 3 N–H and O–H groups in total. The maximum Gasteiger partial charge on any atom is 0.319 e. The van der Waals surface area contributed by atoms with Crippen molar-refractivity contribution in [2.75, 3.05) is 19.0 Å². The van der Waals surface area contributed by atoms with Gasteiger partial charge in [-0.15, -0.1) is 0 Å². The number of halogens is 1. The van der Waals surface area contributed by atoms with E-state index >= 15 is 0 Å².